The van der Waals surface area contributed by atoms with E-state index < -0.39 is 135 Å². The Morgan fingerprint density at radius 3 is 1.52 bits per heavy atom. The van der Waals surface area contributed by atoms with Crippen molar-refractivity contribution in [2.75, 3.05) is 13.2 Å². The number of carboxylic acid groups (broad SMARTS) is 3. The Balaban J connectivity index is 5.73. The first-order valence-corrected chi connectivity index (χ1v) is 14.2. The average molecular weight is 662 g/mol. The molecule has 0 aromatic heterocycles. The molecule has 0 radical (unpaired) electrons. The van der Waals surface area contributed by atoms with Crippen LogP contribution in [0.25, 0.3) is 0 Å². The Morgan fingerprint density at radius 1 is 0.630 bits per heavy atom. The third kappa shape index (κ3) is 17.4. The third-order valence-corrected chi connectivity index (χ3v) is 6.17. The molecule has 0 aliphatic heterocycles. The Labute approximate surface area is 263 Å². The van der Waals surface area contributed by atoms with Gasteiger partial charge in [-0.3, -0.25) is 38.4 Å². The molecule has 20 heteroatoms. The van der Waals surface area contributed by atoms with Crippen LogP contribution in [-0.4, -0.2) is 117 Å². The fourth-order valence-electron chi connectivity index (χ4n) is 3.76. The first-order chi connectivity index (χ1) is 21.4. The minimum absolute atomic E-state index is 0.0977. The lowest BCUT2D eigenvalue weighted by atomic mass is 10.0. The van der Waals surface area contributed by atoms with Gasteiger partial charge in [-0.15, -0.1) is 0 Å². The van der Waals surface area contributed by atoms with Gasteiger partial charge in [-0.1, -0.05) is 13.8 Å². The van der Waals surface area contributed by atoms with Crippen LogP contribution in [0.5, 0.6) is 0 Å². The van der Waals surface area contributed by atoms with E-state index in [0.717, 1.165) is 0 Å². The van der Waals surface area contributed by atoms with Gasteiger partial charge < -0.3 is 58.5 Å². The molecule has 0 aromatic rings. The molecule has 0 heterocycles. The maximum atomic E-state index is 13.1. The van der Waals surface area contributed by atoms with Crippen molar-refractivity contribution < 1.29 is 63.6 Å². The number of nitrogens with two attached hydrogens (primary N) is 2. The summed E-state index contributed by atoms with van der Waals surface area (Å²) in [7, 11) is 0. The summed E-state index contributed by atoms with van der Waals surface area (Å²) in [5.74, 6) is -10.1. The van der Waals surface area contributed by atoms with E-state index in [0.29, 0.717) is 0 Å². The zero-order valence-electron chi connectivity index (χ0n) is 25.4. The minimum atomic E-state index is -1.66. The van der Waals surface area contributed by atoms with Gasteiger partial charge in [0.15, 0.2) is 0 Å². The van der Waals surface area contributed by atoms with E-state index in [2.05, 4.69) is 26.6 Å². The second-order valence-corrected chi connectivity index (χ2v) is 10.6. The van der Waals surface area contributed by atoms with Crippen molar-refractivity contribution >= 4 is 53.4 Å². The molecule has 0 bridgehead atoms. The van der Waals surface area contributed by atoms with Crippen molar-refractivity contribution in [2.24, 2.45) is 17.4 Å². The van der Waals surface area contributed by atoms with Gasteiger partial charge in [-0.05, 0) is 31.6 Å². The molecule has 20 nitrogen and oxygen atoms in total. The first kappa shape index (κ1) is 41.1. The summed E-state index contributed by atoms with van der Waals surface area (Å²) < 4.78 is 0. The fraction of sp³-hybridized carbons (Fsp3) is 0.654. The topological polar surface area (TPSA) is 347 Å². The highest BCUT2D eigenvalue weighted by Gasteiger charge is 2.31. The van der Waals surface area contributed by atoms with Crippen molar-refractivity contribution in [1.29, 1.82) is 0 Å². The summed E-state index contributed by atoms with van der Waals surface area (Å²) in [5, 5.41) is 47.7. The minimum Gasteiger partial charge on any atom is -0.481 e. The van der Waals surface area contributed by atoms with Gasteiger partial charge in [0.2, 0.25) is 35.4 Å². The zero-order chi connectivity index (χ0) is 35.6. The van der Waals surface area contributed by atoms with Crippen LogP contribution >= 0.6 is 0 Å². The Bertz CT molecular complexity index is 1130. The maximum Gasteiger partial charge on any atom is 0.326 e. The Morgan fingerprint density at radius 2 is 1.09 bits per heavy atom. The number of aliphatic carboxylic acids is 3. The summed E-state index contributed by atoms with van der Waals surface area (Å²) in [6, 6.07) is -7.34. The maximum absolute atomic E-state index is 13.1. The molecule has 6 amide bonds. The van der Waals surface area contributed by atoms with Crippen molar-refractivity contribution in [3.63, 3.8) is 0 Å². The fourth-order valence-corrected chi connectivity index (χ4v) is 3.76. The number of hydrogen-bond acceptors (Lipinski definition) is 11. The van der Waals surface area contributed by atoms with Crippen LogP contribution in [0.15, 0.2) is 0 Å². The smallest absolute Gasteiger partial charge is 0.326 e. The largest absolute Gasteiger partial charge is 0.481 e. The van der Waals surface area contributed by atoms with Crippen molar-refractivity contribution in [1.82, 2.24) is 26.6 Å². The van der Waals surface area contributed by atoms with E-state index in [1.807, 2.05) is 0 Å². The highest BCUT2D eigenvalue weighted by molar-refractivity contribution is 5.95. The molecule has 0 aliphatic carbocycles. The first-order valence-electron chi connectivity index (χ1n) is 14.2. The molecule has 0 spiro atoms. The second-order valence-electron chi connectivity index (χ2n) is 10.6. The number of carboxylic acids is 3. The van der Waals surface area contributed by atoms with Crippen molar-refractivity contribution in [3.05, 3.63) is 0 Å². The van der Waals surface area contributed by atoms with Crippen molar-refractivity contribution in [3.8, 4) is 0 Å². The number of nitrogens with one attached hydrogen (secondary N) is 5. The number of aliphatic hydroxyl groups excluding tert-OH is 1. The SMILES string of the molecule is CC(C)C[C@H](NC(=O)[C@@H](N)CO)C(=O)NCC(=O)N[C@@H](CCC(=O)O)C(=O)N[C@@H](CCC(=O)O)C(=O)N[C@@H](CCC(N)=O)C(=O)O. The molecule has 0 rings (SSSR count). The zero-order valence-corrected chi connectivity index (χ0v) is 25.4. The van der Waals surface area contributed by atoms with E-state index in [1.165, 1.54) is 0 Å². The number of hydrogen-bond donors (Lipinski definition) is 11. The van der Waals surface area contributed by atoms with Crippen LogP contribution in [-0.2, 0) is 43.2 Å². The molecule has 5 atom stereocenters. The van der Waals surface area contributed by atoms with Crippen LogP contribution in [0.4, 0.5) is 0 Å². The van der Waals surface area contributed by atoms with Crippen molar-refractivity contribution in [2.45, 2.75) is 89.0 Å². The van der Waals surface area contributed by atoms with Gasteiger partial charge in [0.25, 0.3) is 0 Å². The van der Waals surface area contributed by atoms with Gasteiger partial charge >= 0.3 is 17.9 Å². The molecule has 0 unspecified atom stereocenters. The summed E-state index contributed by atoms with van der Waals surface area (Å²) in [5.41, 5.74) is 10.5. The third-order valence-electron chi connectivity index (χ3n) is 6.17. The molecule has 0 saturated carbocycles. The van der Waals surface area contributed by atoms with E-state index in [1.54, 1.807) is 13.8 Å². The summed E-state index contributed by atoms with van der Waals surface area (Å²) in [6.07, 6.45) is -3.03. The Kier molecular flexibility index (Phi) is 18.8. The van der Waals surface area contributed by atoms with Crippen LogP contribution < -0.4 is 38.1 Å². The molecular weight excluding hydrogens is 618 g/mol. The molecule has 13 N–H and O–H groups in total. The predicted molar refractivity (Wildman–Crippen MR) is 155 cm³/mol. The molecule has 0 fully saturated rings. The van der Waals surface area contributed by atoms with Crippen LogP contribution in [0.2, 0.25) is 0 Å². The lowest BCUT2D eigenvalue weighted by molar-refractivity contribution is -0.143. The lowest BCUT2D eigenvalue weighted by Gasteiger charge is -2.24. The normalized spacial score (nSPS) is 14.0. The molecule has 0 aromatic carbocycles. The standard InChI is InChI=1S/C26H43N7O13/c1-12(2)9-17(33-22(41)13(27)11-34)23(42)29-10-19(36)30-14(4-7-20(37)38)24(43)31-15(5-8-21(39)40)25(44)32-16(26(45)46)3-6-18(28)35/h12-17,34H,3-11,27H2,1-2H3,(H2,28,35)(H,29,42)(H,30,36)(H,31,43)(H,32,44)(H,33,41)(H,37,38)(H,39,40)(H,45,46)/t13-,14-,15-,16-,17-/m0/s1. The summed E-state index contributed by atoms with van der Waals surface area (Å²) in [6.45, 7) is 2.08. The second kappa shape index (κ2) is 21.0. The number of amides is 6. The molecule has 260 valence electrons. The summed E-state index contributed by atoms with van der Waals surface area (Å²) in [4.78, 5) is 108. The van der Waals surface area contributed by atoms with E-state index >= 15 is 0 Å². The monoisotopic (exact) mass is 661 g/mol. The predicted octanol–water partition coefficient (Wildman–Crippen LogP) is -4.51. The van der Waals surface area contributed by atoms with E-state index in [9.17, 15) is 48.3 Å². The number of carbonyl (C=O) groups is 9. The van der Waals surface area contributed by atoms with Gasteiger partial charge in [-0.2, -0.15) is 0 Å². The average Bonchev–Trinajstić information content (AvgIpc) is 2.96. The highest BCUT2D eigenvalue weighted by Crippen LogP contribution is 2.07. The molecule has 0 aliphatic rings. The van der Waals surface area contributed by atoms with E-state index in [4.69, 9.17) is 26.8 Å². The highest BCUT2D eigenvalue weighted by atomic mass is 16.4. The van der Waals surface area contributed by atoms with Gasteiger partial charge in [-0.25, -0.2) is 4.79 Å². The summed E-state index contributed by atoms with van der Waals surface area (Å²) >= 11 is 0. The van der Waals surface area contributed by atoms with Crippen LogP contribution in [0, 0.1) is 5.92 Å². The molecule has 0 saturated heterocycles. The number of rotatable bonds is 23. The van der Waals surface area contributed by atoms with Gasteiger partial charge in [0.05, 0.1) is 13.2 Å². The van der Waals surface area contributed by atoms with Gasteiger partial charge in [0.1, 0.15) is 30.2 Å². The Hall–Kier alpha value is -4.85. The van der Waals surface area contributed by atoms with Crippen LogP contribution in [0.3, 0.4) is 0 Å². The lowest BCUT2D eigenvalue weighted by Crippen LogP contribution is -2.57. The van der Waals surface area contributed by atoms with Gasteiger partial charge in [0, 0.05) is 19.3 Å². The molecule has 46 heavy (non-hydrogen) atoms. The quantitative estimate of drug-likeness (QED) is 0.0492. The number of aliphatic hydroxyl groups is 1. The number of carbonyl (C=O) groups excluding carboxylic acids is 6. The molecular formula is C26H43N7O13. The van der Waals surface area contributed by atoms with E-state index in [-0.39, 0.29) is 12.3 Å². The number of primary amides is 1. The van der Waals surface area contributed by atoms with Crippen LogP contribution in [0.1, 0.15) is 58.8 Å².